The molecule has 0 fully saturated rings. The van der Waals surface area contributed by atoms with Crippen LogP contribution in [-0.2, 0) is 16.0 Å². The molecule has 154 valence electrons. The summed E-state index contributed by atoms with van der Waals surface area (Å²) >= 11 is 1.53. The molecule has 5 N–H and O–H groups in total. The summed E-state index contributed by atoms with van der Waals surface area (Å²) < 4.78 is 0. The molecule has 3 rings (SSSR count). The highest BCUT2D eigenvalue weighted by atomic mass is 32.1. The van der Waals surface area contributed by atoms with Crippen molar-refractivity contribution in [1.29, 1.82) is 0 Å². The van der Waals surface area contributed by atoms with E-state index >= 15 is 0 Å². The normalized spacial score (nSPS) is 14.2. The summed E-state index contributed by atoms with van der Waals surface area (Å²) in [5.74, 6) is -0.425. The number of nitrogens with zero attached hydrogens (tertiary/aromatic N) is 2. The molecule has 0 saturated heterocycles. The molecule has 0 spiro atoms. The van der Waals surface area contributed by atoms with Crippen LogP contribution in [0, 0.1) is 0 Å². The van der Waals surface area contributed by atoms with Gasteiger partial charge in [0.15, 0.2) is 0 Å². The molecular weight excluding hydrogens is 398 g/mol. The van der Waals surface area contributed by atoms with Gasteiger partial charge in [0.1, 0.15) is 11.5 Å². The zero-order valence-corrected chi connectivity index (χ0v) is 17.4. The molecular formula is C22H23N5O2S. The van der Waals surface area contributed by atoms with Crippen molar-refractivity contribution in [2.45, 2.75) is 13.3 Å². The molecule has 8 heteroatoms. The number of pyridine rings is 1. The second-order valence-corrected chi connectivity index (χ2v) is 7.47. The summed E-state index contributed by atoms with van der Waals surface area (Å²) in [4.78, 5) is 30.6. The van der Waals surface area contributed by atoms with Crippen LogP contribution in [0.15, 0.2) is 77.1 Å². The first-order valence-electron chi connectivity index (χ1n) is 9.27. The Balaban J connectivity index is 1.72. The lowest BCUT2D eigenvalue weighted by Crippen LogP contribution is -2.34. The Hall–Kier alpha value is -3.65. The summed E-state index contributed by atoms with van der Waals surface area (Å²) in [5.41, 5.74) is 14.9. The van der Waals surface area contributed by atoms with Crippen molar-refractivity contribution in [3.8, 4) is 0 Å². The number of anilines is 1. The van der Waals surface area contributed by atoms with Crippen LogP contribution in [0.5, 0.6) is 0 Å². The topological polar surface area (TPSA) is 114 Å². The van der Waals surface area contributed by atoms with Gasteiger partial charge in [-0.2, -0.15) is 11.3 Å². The Morgan fingerprint density at radius 3 is 2.73 bits per heavy atom. The van der Waals surface area contributed by atoms with E-state index in [9.17, 15) is 9.59 Å². The first-order valence-corrected chi connectivity index (χ1v) is 10.2. The van der Waals surface area contributed by atoms with Gasteiger partial charge >= 0.3 is 0 Å². The third kappa shape index (κ3) is 4.66. The Kier molecular flexibility index (Phi) is 6.48. The van der Waals surface area contributed by atoms with E-state index in [1.54, 1.807) is 35.5 Å². The molecule has 2 aromatic heterocycles. The maximum atomic E-state index is 12.7. The molecule has 0 bridgehead atoms. The lowest BCUT2D eigenvalue weighted by atomic mass is 10.0. The monoisotopic (exact) mass is 421 g/mol. The highest BCUT2D eigenvalue weighted by Crippen LogP contribution is 2.29. The second kappa shape index (κ2) is 9.23. The number of carbonyl (C=O) groups excluding carboxylic acids is 2. The average molecular weight is 422 g/mol. The number of hydrogen-bond acceptors (Lipinski definition) is 6. The predicted octanol–water partition coefficient (Wildman–Crippen LogP) is 2.57. The van der Waals surface area contributed by atoms with Crippen molar-refractivity contribution in [3.63, 3.8) is 0 Å². The van der Waals surface area contributed by atoms with E-state index in [1.165, 1.54) is 11.3 Å². The van der Waals surface area contributed by atoms with E-state index < -0.39 is 5.91 Å². The van der Waals surface area contributed by atoms with Crippen LogP contribution >= 0.6 is 11.3 Å². The molecule has 0 aliphatic carbocycles. The fourth-order valence-electron chi connectivity index (χ4n) is 3.06. The Labute approximate surface area is 179 Å². The van der Waals surface area contributed by atoms with Gasteiger partial charge in [-0.1, -0.05) is 12.6 Å². The van der Waals surface area contributed by atoms with Gasteiger partial charge in [-0.05, 0) is 65.1 Å². The highest BCUT2D eigenvalue weighted by molar-refractivity contribution is 7.08. The van der Waals surface area contributed by atoms with Crippen molar-refractivity contribution in [2.24, 2.45) is 5.73 Å². The standard InChI is InChI=1S/C22H23N5O2S/c1-14(17-8-11-30-13-17)20(21(24)28)27-10-3-4-18(15(27)2)22(29)25-9-7-16-5-6-19(23)26-12-16/h3-6,8,10-13H,2,7,9H2,1H3,(H2,23,26)(H2,24,28)(H,25,29)/b20-14+. The molecule has 0 atom stereocenters. The van der Waals surface area contributed by atoms with E-state index in [-0.39, 0.29) is 11.6 Å². The van der Waals surface area contributed by atoms with E-state index in [0.717, 1.165) is 11.1 Å². The Morgan fingerprint density at radius 1 is 1.30 bits per heavy atom. The number of aromatic nitrogens is 1. The zero-order chi connectivity index (χ0) is 21.7. The van der Waals surface area contributed by atoms with Gasteiger partial charge < -0.3 is 21.7 Å². The molecule has 0 unspecified atom stereocenters. The molecule has 0 aromatic carbocycles. The number of rotatable bonds is 7. The van der Waals surface area contributed by atoms with Crippen molar-refractivity contribution >= 4 is 34.5 Å². The summed E-state index contributed by atoms with van der Waals surface area (Å²) in [5, 5.41) is 6.73. The van der Waals surface area contributed by atoms with E-state index in [2.05, 4.69) is 16.9 Å². The van der Waals surface area contributed by atoms with Crippen molar-refractivity contribution in [1.82, 2.24) is 15.2 Å². The summed E-state index contributed by atoms with van der Waals surface area (Å²) in [6, 6.07) is 5.50. The molecule has 1 aliphatic heterocycles. The predicted molar refractivity (Wildman–Crippen MR) is 120 cm³/mol. The van der Waals surface area contributed by atoms with Gasteiger partial charge in [-0.25, -0.2) is 4.98 Å². The average Bonchev–Trinajstić information content (AvgIpc) is 3.25. The van der Waals surface area contributed by atoms with Crippen molar-refractivity contribution in [2.75, 3.05) is 12.3 Å². The van der Waals surface area contributed by atoms with Crippen LogP contribution in [0.4, 0.5) is 5.82 Å². The smallest absolute Gasteiger partial charge is 0.265 e. The van der Waals surface area contributed by atoms with Gasteiger partial charge in [0.25, 0.3) is 11.8 Å². The molecule has 7 nitrogen and oxygen atoms in total. The number of carbonyl (C=O) groups is 2. The molecule has 2 amide bonds. The molecule has 30 heavy (non-hydrogen) atoms. The minimum absolute atomic E-state index is 0.279. The van der Waals surface area contributed by atoms with E-state index in [1.807, 2.05) is 29.8 Å². The Morgan fingerprint density at radius 2 is 2.10 bits per heavy atom. The number of nitrogens with one attached hydrogen (secondary N) is 1. The van der Waals surface area contributed by atoms with E-state index in [4.69, 9.17) is 11.5 Å². The number of allylic oxidation sites excluding steroid dienone is 3. The largest absolute Gasteiger partial charge is 0.384 e. The maximum absolute atomic E-state index is 12.7. The minimum Gasteiger partial charge on any atom is -0.384 e. The number of nitrogens with two attached hydrogens (primary N) is 2. The fraction of sp³-hybridized carbons (Fsp3) is 0.136. The third-order valence-corrected chi connectivity index (χ3v) is 5.36. The highest BCUT2D eigenvalue weighted by Gasteiger charge is 2.26. The summed E-state index contributed by atoms with van der Waals surface area (Å²) in [7, 11) is 0. The first-order chi connectivity index (χ1) is 14.4. The lowest BCUT2D eigenvalue weighted by molar-refractivity contribution is -0.118. The van der Waals surface area contributed by atoms with Crippen LogP contribution in [0.25, 0.3) is 5.57 Å². The Bertz CT molecular complexity index is 1050. The van der Waals surface area contributed by atoms with Gasteiger partial charge in [-0.3, -0.25) is 9.59 Å². The van der Waals surface area contributed by atoms with E-state index in [0.29, 0.717) is 35.6 Å². The molecule has 2 aromatic rings. The zero-order valence-electron chi connectivity index (χ0n) is 16.6. The number of amides is 2. The van der Waals surface area contributed by atoms with Crippen molar-refractivity contribution in [3.05, 3.63) is 88.2 Å². The summed E-state index contributed by atoms with van der Waals surface area (Å²) in [6.07, 6.45) is 7.33. The van der Waals surface area contributed by atoms with Gasteiger partial charge in [0.05, 0.1) is 11.3 Å². The summed E-state index contributed by atoms with van der Waals surface area (Å²) in [6.45, 7) is 6.27. The minimum atomic E-state index is -0.595. The second-order valence-electron chi connectivity index (χ2n) is 6.69. The van der Waals surface area contributed by atoms with Crippen LogP contribution in [-0.4, -0.2) is 28.2 Å². The molecule has 0 saturated carbocycles. The van der Waals surface area contributed by atoms with Crippen LogP contribution in [0.1, 0.15) is 18.1 Å². The molecule has 1 aliphatic rings. The van der Waals surface area contributed by atoms with Crippen molar-refractivity contribution < 1.29 is 9.59 Å². The molecule has 0 radical (unpaired) electrons. The SMILES string of the molecule is C=C1C(C(=O)NCCc2ccc(N)nc2)=CC=CN1/C(C(N)=O)=C(\C)c1ccsc1. The number of primary amides is 1. The van der Waals surface area contributed by atoms with Gasteiger partial charge in [0.2, 0.25) is 0 Å². The third-order valence-electron chi connectivity index (χ3n) is 4.67. The molecule has 3 heterocycles. The number of thiophene rings is 1. The number of nitrogen functional groups attached to an aromatic ring is 1. The van der Waals surface area contributed by atoms with Crippen LogP contribution in [0.2, 0.25) is 0 Å². The number of hydrogen-bond donors (Lipinski definition) is 3. The van der Waals surface area contributed by atoms with Crippen LogP contribution in [0.3, 0.4) is 0 Å². The first kappa shape index (κ1) is 21.1. The van der Waals surface area contributed by atoms with Crippen LogP contribution < -0.4 is 16.8 Å². The maximum Gasteiger partial charge on any atom is 0.265 e. The van der Waals surface area contributed by atoms with Gasteiger partial charge in [0, 0.05) is 18.9 Å². The lowest BCUT2D eigenvalue weighted by Gasteiger charge is -2.28. The quantitative estimate of drug-likeness (QED) is 0.595. The van der Waals surface area contributed by atoms with Gasteiger partial charge in [-0.15, -0.1) is 0 Å². The fourth-order valence-corrected chi connectivity index (χ4v) is 3.76.